The summed E-state index contributed by atoms with van der Waals surface area (Å²) >= 11 is 0. The summed E-state index contributed by atoms with van der Waals surface area (Å²) in [6.45, 7) is 4.60. The second-order valence-electron chi connectivity index (χ2n) is 4.50. The van der Waals surface area contributed by atoms with Crippen molar-refractivity contribution < 1.29 is 14.5 Å². The average Bonchev–Trinajstić information content (AvgIpc) is 2.47. The molecule has 0 fully saturated rings. The third kappa shape index (κ3) is 3.69. The highest BCUT2D eigenvalue weighted by atomic mass is 16.6. The topological polar surface area (TPSA) is 81.5 Å². The van der Waals surface area contributed by atoms with E-state index in [-0.39, 0.29) is 17.0 Å². The van der Waals surface area contributed by atoms with Gasteiger partial charge in [-0.05, 0) is 12.0 Å². The van der Waals surface area contributed by atoms with Crippen molar-refractivity contribution in [3.05, 3.63) is 33.9 Å². The summed E-state index contributed by atoms with van der Waals surface area (Å²) in [5.74, 6) is 0.106. The van der Waals surface area contributed by atoms with Crippen LogP contribution >= 0.6 is 0 Å². The van der Waals surface area contributed by atoms with Crippen LogP contribution in [0, 0.1) is 16.0 Å². The fourth-order valence-electron chi connectivity index (χ4n) is 1.97. The third-order valence-electron chi connectivity index (χ3n) is 3.35. The van der Waals surface area contributed by atoms with E-state index in [4.69, 9.17) is 4.74 Å². The zero-order valence-corrected chi connectivity index (χ0v) is 12.0. The highest BCUT2D eigenvalue weighted by Crippen LogP contribution is 2.28. The van der Waals surface area contributed by atoms with Crippen LogP contribution in [0.25, 0.3) is 0 Å². The quantitative estimate of drug-likeness (QED) is 0.615. The van der Waals surface area contributed by atoms with Gasteiger partial charge in [0.15, 0.2) is 5.56 Å². The van der Waals surface area contributed by atoms with Crippen LogP contribution in [-0.2, 0) is 0 Å². The van der Waals surface area contributed by atoms with Gasteiger partial charge in [0.05, 0.1) is 12.0 Å². The van der Waals surface area contributed by atoms with E-state index in [9.17, 15) is 14.9 Å². The number of amides is 1. The Morgan fingerprint density at radius 3 is 2.55 bits per heavy atom. The highest BCUT2D eigenvalue weighted by Gasteiger charge is 2.24. The van der Waals surface area contributed by atoms with E-state index in [2.05, 4.69) is 5.32 Å². The minimum Gasteiger partial charge on any atom is -0.496 e. The normalized spacial score (nSPS) is 10.4. The van der Waals surface area contributed by atoms with Gasteiger partial charge in [-0.15, -0.1) is 0 Å². The number of methoxy groups -OCH3 is 1. The lowest BCUT2D eigenvalue weighted by molar-refractivity contribution is -0.385. The lowest BCUT2D eigenvalue weighted by Gasteiger charge is -2.14. The Morgan fingerprint density at radius 1 is 1.40 bits per heavy atom. The first kappa shape index (κ1) is 15.9. The molecule has 0 aliphatic rings. The van der Waals surface area contributed by atoms with Crippen molar-refractivity contribution in [1.29, 1.82) is 0 Å². The van der Waals surface area contributed by atoms with Crippen molar-refractivity contribution in [3.8, 4) is 5.75 Å². The van der Waals surface area contributed by atoms with Gasteiger partial charge in [0.2, 0.25) is 0 Å². The smallest absolute Gasteiger partial charge is 0.285 e. The number of nitro groups is 1. The first-order valence-electron chi connectivity index (χ1n) is 6.64. The van der Waals surface area contributed by atoms with E-state index >= 15 is 0 Å². The molecule has 6 heteroatoms. The number of hydrogen-bond acceptors (Lipinski definition) is 4. The molecule has 1 N–H and O–H groups in total. The van der Waals surface area contributed by atoms with Crippen LogP contribution in [0.1, 0.15) is 37.0 Å². The van der Waals surface area contributed by atoms with Crippen LogP contribution in [-0.4, -0.2) is 24.5 Å². The summed E-state index contributed by atoms with van der Waals surface area (Å²) in [5.41, 5.74) is -0.266. The number of carbonyl (C=O) groups excluding carboxylic acids is 1. The zero-order valence-electron chi connectivity index (χ0n) is 12.0. The molecule has 1 amide bonds. The van der Waals surface area contributed by atoms with E-state index in [1.54, 1.807) is 6.07 Å². The first-order valence-corrected chi connectivity index (χ1v) is 6.64. The van der Waals surface area contributed by atoms with E-state index in [1.165, 1.54) is 19.2 Å². The van der Waals surface area contributed by atoms with E-state index in [0.717, 1.165) is 12.8 Å². The molecule has 1 aromatic carbocycles. The molecule has 0 bridgehead atoms. The molecule has 6 nitrogen and oxygen atoms in total. The van der Waals surface area contributed by atoms with Gasteiger partial charge in [0.25, 0.3) is 11.6 Å². The second-order valence-corrected chi connectivity index (χ2v) is 4.50. The van der Waals surface area contributed by atoms with Gasteiger partial charge in [-0.2, -0.15) is 0 Å². The van der Waals surface area contributed by atoms with Crippen molar-refractivity contribution in [2.45, 2.75) is 26.7 Å². The molecule has 0 heterocycles. The summed E-state index contributed by atoms with van der Waals surface area (Å²) in [6.07, 6.45) is 1.90. The lowest BCUT2D eigenvalue weighted by atomic mass is 10.0. The van der Waals surface area contributed by atoms with Gasteiger partial charge < -0.3 is 10.1 Å². The zero-order chi connectivity index (χ0) is 15.1. The Balaban J connectivity index is 2.99. The maximum absolute atomic E-state index is 12.2. The minimum absolute atomic E-state index is 0.0223. The number of nitrogens with one attached hydrogen (secondary N) is 1. The SMILES string of the molecule is CCC(CC)CNC(=O)c1c(OC)cccc1[N+](=O)[O-]. The van der Waals surface area contributed by atoms with E-state index < -0.39 is 10.8 Å². The molecule has 0 spiro atoms. The van der Waals surface area contributed by atoms with Gasteiger partial charge in [0, 0.05) is 12.6 Å². The van der Waals surface area contributed by atoms with Gasteiger partial charge >= 0.3 is 0 Å². The van der Waals surface area contributed by atoms with E-state index in [0.29, 0.717) is 12.5 Å². The summed E-state index contributed by atoms with van der Waals surface area (Å²) in [6, 6.07) is 4.34. The Labute approximate surface area is 118 Å². The number of rotatable bonds is 7. The highest BCUT2D eigenvalue weighted by molar-refractivity contribution is 6.00. The minimum atomic E-state index is -0.575. The maximum Gasteiger partial charge on any atom is 0.285 e. The largest absolute Gasteiger partial charge is 0.496 e. The molecule has 0 aromatic heterocycles. The predicted octanol–water partition coefficient (Wildman–Crippen LogP) is 2.77. The van der Waals surface area contributed by atoms with Gasteiger partial charge in [-0.1, -0.05) is 32.8 Å². The molecule has 0 saturated carbocycles. The summed E-state index contributed by atoms with van der Waals surface area (Å²) in [4.78, 5) is 22.6. The molecule has 0 unspecified atom stereocenters. The van der Waals surface area contributed by atoms with E-state index in [1.807, 2.05) is 13.8 Å². The van der Waals surface area contributed by atoms with Crippen molar-refractivity contribution >= 4 is 11.6 Å². The number of nitrogens with zero attached hydrogens (tertiary/aromatic N) is 1. The maximum atomic E-state index is 12.2. The summed E-state index contributed by atoms with van der Waals surface area (Å²) in [5, 5.41) is 13.8. The average molecular weight is 280 g/mol. The van der Waals surface area contributed by atoms with Gasteiger partial charge in [-0.25, -0.2) is 0 Å². The molecule has 110 valence electrons. The molecule has 0 aliphatic carbocycles. The second kappa shape index (κ2) is 7.47. The van der Waals surface area contributed by atoms with Crippen LogP contribution in [0.5, 0.6) is 5.75 Å². The third-order valence-corrected chi connectivity index (χ3v) is 3.35. The Hall–Kier alpha value is -2.11. The number of nitro benzene ring substituents is 1. The number of benzene rings is 1. The fourth-order valence-corrected chi connectivity index (χ4v) is 1.97. The van der Waals surface area contributed by atoms with Crippen LogP contribution < -0.4 is 10.1 Å². The van der Waals surface area contributed by atoms with Crippen molar-refractivity contribution in [2.24, 2.45) is 5.92 Å². The molecule has 1 rings (SSSR count). The van der Waals surface area contributed by atoms with Crippen molar-refractivity contribution in [1.82, 2.24) is 5.32 Å². The summed E-state index contributed by atoms with van der Waals surface area (Å²) < 4.78 is 5.05. The number of hydrogen-bond donors (Lipinski definition) is 1. The predicted molar refractivity (Wildman–Crippen MR) is 76.1 cm³/mol. The lowest BCUT2D eigenvalue weighted by Crippen LogP contribution is -2.29. The Bertz CT molecular complexity index is 484. The molecule has 1 aromatic rings. The van der Waals surface area contributed by atoms with Crippen molar-refractivity contribution in [3.63, 3.8) is 0 Å². The van der Waals surface area contributed by atoms with Gasteiger partial charge in [0.1, 0.15) is 5.75 Å². The number of carbonyl (C=O) groups is 1. The Morgan fingerprint density at radius 2 is 2.05 bits per heavy atom. The van der Waals surface area contributed by atoms with Crippen molar-refractivity contribution in [2.75, 3.05) is 13.7 Å². The molecular weight excluding hydrogens is 260 g/mol. The molecule has 0 aliphatic heterocycles. The molecule has 20 heavy (non-hydrogen) atoms. The monoisotopic (exact) mass is 280 g/mol. The van der Waals surface area contributed by atoms with Gasteiger partial charge in [-0.3, -0.25) is 14.9 Å². The van der Waals surface area contributed by atoms with Crippen LogP contribution in [0.15, 0.2) is 18.2 Å². The standard InChI is InChI=1S/C14H20N2O4/c1-4-10(5-2)9-15-14(17)13-11(16(18)19)7-6-8-12(13)20-3/h6-8,10H,4-5,9H2,1-3H3,(H,15,17). The first-order chi connectivity index (χ1) is 9.54. The molecule has 0 atom stereocenters. The number of ether oxygens (including phenoxy) is 1. The van der Waals surface area contributed by atoms with Crippen LogP contribution in [0.3, 0.4) is 0 Å². The molecular formula is C14H20N2O4. The van der Waals surface area contributed by atoms with Crippen LogP contribution in [0.4, 0.5) is 5.69 Å². The summed E-state index contributed by atoms with van der Waals surface area (Å²) in [7, 11) is 1.39. The molecule has 0 radical (unpaired) electrons. The van der Waals surface area contributed by atoms with Crippen LogP contribution in [0.2, 0.25) is 0 Å². The Kier molecular flexibility index (Phi) is 5.96. The fraction of sp³-hybridized carbons (Fsp3) is 0.500. The molecule has 0 saturated heterocycles.